The Balaban J connectivity index is 1.89. The van der Waals surface area contributed by atoms with Gasteiger partial charge in [-0.25, -0.2) is 13.2 Å². The number of ether oxygens (including phenoxy) is 2. The van der Waals surface area contributed by atoms with E-state index in [-0.39, 0.29) is 35.0 Å². The van der Waals surface area contributed by atoms with Gasteiger partial charge in [-0.15, -0.1) is 11.3 Å². The Labute approximate surface area is 155 Å². The Bertz CT molecular complexity index is 871. The summed E-state index contributed by atoms with van der Waals surface area (Å²) in [6.07, 6.45) is 0.188. The zero-order valence-electron chi connectivity index (χ0n) is 14.4. The molecule has 1 aromatic carbocycles. The number of methoxy groups -OCH3 is 2. The normalized spacial score (nSPS) is 11.0. The monoisotopic (exact) mass is 397 g/mol. The predicted octanol–water partition coefficient (Wildman–Crippen LogP) is 2.74. The lowest BCUT2D eigenvalue weighted by atomic mass is 10.3. The molecule has 1 amide bonds. The molecule has 0 fully saturated rings. The van der Waals surface area contributed by atoms with E-state index in [9.17, 15) is 18.0 Å². The summed E-state index contributed by atoms with van der Waals surface area (Å²) in [4.78, 5) is 23.8. The smallest absolute Gasteiger partial charge is 0.340 e. The molecule has 1 N–H and O–H groups in total. The molecule has 0 unspecified atom stereocenters. The third kappa shape index (κ3) is 5.06. The van der Waals surface area contributed by atoms with Crippen LogP contribution in [0.15, 0.2) is 40.6 Å². The Hall–Kier alpha value is -2.39. The minimum atomic E-state index is -3.48. The van der Waals surface area contributed by atoms with Gasteiger partial charge in [0.25, 0.3) is 0 Å². The van der Waals surface area contributed by atoms with Gasteiger partial charge in [0.2, 0.25) is 5.91 Å². The lowest BCUT2D eigenvalue weighted by Crippen LogP contribution is -2.15. The van der Waals surface area contributed by atoms with Gasteiger partial charge in [0, 0.05) is 6.42 Å². The van der Waals surface area contributed by atoms with Crippen molar-refractivity contribution in [2.24, 2.45) is 0 Å². The average Bonchev–Trinajstić information content (AvgIpc) is 3.09. The zero-order chi connectivity index (χ0) is 19.2. The third-order valence-electron chi connectivity index (χ3n) is 3.56. The molecule has 0 aliphatic carbocycles. The molecule has 0 saturated heterocycles. The summed E-state index contributed by atoms with van der Waals surface area (Å²) in [7, 11) is -0.715. The van der Waals surface area contributed by atoms with Crippen molar-refractivity contribution in [2.75, 3.05) is 25.3 Å². The summed E-state index contributed by atoms with van der Waals surface area (Å²) in [5.74, 6) is -0.479. The van der Waals surface area contributed by atoms with Gasteiger partial charge < -0.3 is 14.8 Å². The molecular weight excluding hydrogens is 378 g/mol. The molecule has 140 valence electrons. The Morgan fingerprint density at radius 1 is 1.12 bits per heavy atom. The first-order chi connectivity index (χ1) is 12.4. The zero-order valence-corrected chi connectivity index (χ0v) is 16.0. The minimum absolute atomic E-state index is 0.0217. The standard InChI is InChI=1S/C17H19NO6S2/c1-23-12-5-7-13(8-6-12)26(21,22)11-3-4-15(19)18-16-14(9-10-25-16)17(20)24-2/h5-10H,3-4,11H2,1-2H3,(H,18,19). The van der Waals surface area contributed by atoms with Gasteiger partial charge in [-0.3, -0.25) is 4.79 Å². The molecule has 9 heteroatoms. The van der Waals surface area contributed by atoms with E-state index >= 15 is 0 Å². The van der Waals surface area contributed by atoms with Crippen molar-refractivity contribution < 1.29 is 27.5 Å². The molecule has 2 rings (SSSR count). The first-order valence-corrected chi connectivity index (χ1v) is 10.2. The molecule has 1 aromatic heterocycles. The summed E-state index contributed by atoms with van der Waals surface area (Å²) < 4.78 is 34.2. The fourth-order valence-corrected chi connectivity index (χ4v) is 4.29. The van der Waals surface area contributed by atoms with Crippen LogP contribution in [0.5, 0.6) is 5.75 Å². The molecular formula is C17H19NO6S2. The van der Waals surface area contributed by atoms with Crippen molar-refractivity contribution in [1.29, 1.82) is 0 Å². The molecule has 0 spiro atoms. The van der Waals surface area contributed by atoms with Crippen molar-refractivity contribution in [3.63, 3.8) is 0 Å². The number of hydrogen-bond acceptors (Lipinski definition) is 7. The molecule has 0 aliphatic heterocycles. The van der Waals surface area contributed by atoms with Crippen LogP contribution in [0.1, 0.15) is 23.2 Å². The van der Waals surface area contributed by atoms with Crippen LogP contribution in [0.3, 0.4) is 0 Å². The van der Waals surface area contributed by atoms with Crippen LogP contribution in [-0.4, -0.2) is 40.3 Å². The molecule has 2 aromatic rings. The van der Waals surface area contributed by atoms with E-state index in [0.717, 1.165) is 0 Å². The summed E-state index contributed by atoms with van der Waals surface area (Å²) >= 11 is 1.20. The maximum absolute atomic E-state index is 12.3. The molecule has 0 saturated carbocycles. The fraction of sp³-hybridized carbons (Fsp3) is 0.294. The second-order valence-electron chi connectivity index (χ2n) is 5.30. The maximum Gasteiger partial charge on any atom is 0.340 e. The minimum Gasteiger partial charge on any atom is -0.497 e. The van der Waals surface area contributed by atoms with E-state index in [1.54, 1.807) is 23.6 Å². The Kier molecular flexibility index (Phi) is 6.76. The Morgan fingerprint density at radius 2 is 1.81 bits per heavy atom. The highest BCUT2D eigenvalue weighted by Crippen LogP contribution is 2.24. The van der Waals surface area contributed by atoms with E-state index in [2.05, 4.69) is 10.1 Å². The van der Waals surface area contributed by atoms with E-state index in [1.165, 1.54) is 37.7 Å². The highest BCUT2D eigenvalue weighted by atomic mass is 32.2. The number of esters is 1. The van der Waals surface area contributed by atoms with Gasteiger partial charge in [0.1, 0.15) is 10.8 Å². The molecule has 0 bridgehead atoms. The SMILES string of the molecule is COC(=O)c1ccsc1NC(=O)CCCS(=O)(=O)c1ccc(OC)cc1. The van der Waals surface area contributed by atoms with Crippen LogP contribution in [0.25, 0.3) is 0 Å². The van der Waals surface area contributed by atoms with Gasteiger partial charge in [0.15, 0.2) is 9.84 Å². The number of hydrogen-bond donors (Lipinski definition) is 1. The van der Waals surface area contributed by atoms with E-state index in [1.807, 2.05) is 0 Å². The second-order valence-corrected chi connectivity index (χ2v) is 8.33. The molecule has 0 aliphatic rings. The highest BCUT2D eigenvalue weighted by Gasteiger charge is 2.17. The van der Waals surface area contributed by atoms with Crippen LogP contribution < -0.4 is 10.1 Å². The number of carbonyl (C=O) groups is 2. The first kappa shape index (κ1) is 19.9. The summed E-state index contributed by atoms with van der Waals surface area (Å²) in [6, 6.07) is 7.65. The molecule has 26 heavy (non-hydrogen) atoms. The van der Waals surface area contributed by atoms with E-state index < -0.39 is 15.8 Å². The van der Waals surface area contributed by atoms with Crippen molar-refractivity contribution in [3.05, 3.63) is 41.3 Å². The van der Waals surface area contributed by atoms with Crippen LogP contribution >= 0.6 is 11.3 Å². The number of rotatable bonds is 8. The van der Waals surface area contributed by atoms with Crippen LogP contribution in [-0.2, 0) is 19.4 Å². The van der Waals surface area contributed by atoms with E-state index in [0.29, 0.717) is 10.8 Å². The highest BCUT2D eigenvalue weighted by molar-refractivity contribution is 7.91. The number of amides is 1. The lowest BCUT2D eigenvalue weighted by molar-refractivity contribution is -0.116. The average molecular weight is 397 g/mol. The summed E-state index contributed by atoms with van der Waals surface area (Å²) in [5, 5.41) is 4.67. The van der Waals surface area contributed by atoms with Gasteiger partial charge in [-0.05, 0) is 42.1 Å². The summed E-state index contributed by atoms with van der Waals surface area (Å²) in [6.45, 7) is 0. The van der Waals surface area contributed by atoms with Crippen molar-refractivity contribution in [2.45, 2.75) is 17.7 Å². The van der Waals surface area contributed by atoms with Gasteiger partial charge in [-0.2, -0.15) is 0 Å². The van der Waals surface area contributed by atoms with E-state index in [4.69, 9.17) is 4.74 Å². The molecule has 0 radical (unpaired) electrons. The largest absolute Gasteiger partial charge is 0.497 e. The number of sulfone groups is 1. The van der Waals surface area contributed by atoms with Gasteiger partial charge in [-0.1, -0.05) is 0 Å². The topological polar surface area (TPSA) is 98.8 Å². The third-order valence-corrected chi connectivity index (χ3v) is 6.21. The number of nitrogens with one attached hydrogen (secondary N) is 1. The number of benzene rings is 1. The Morgan fingerprint density at radius 3 is 2.42 bits per heavy atom. The van der Waals surface area contributed by atoms with Crippen molar-refractivity contribution in [3.8, 4) is 5.75 Å². The molecule has 1 heterocycles. The first-order valence-electron chi connectivity index (χ1n) is 7.70. The van der Waals surface area contributed by atoms with Crippen molar-refractivity contribution in [1.82, 2.24) is 0 Å². The predicted molar refractivity (Wildman–Crippen MR) is 98.6 cm³/mol. The maximum atomic E-state index is 12.3. The van der Waals surface area contributed by atoms with Crippen molar-refractivity contribution >= 4 is 38.1 Å². The number of carbonyl (C=O) groups excluding carboxylic acids is 2. The number of anilines is 1. The lowest BCUT2D eigenvalue weighted by Gasteiger charge is -2.07. The second kappa shape index (κ2) is 8.81. The van der Waals surface area contributed by atoms with Crippen LogP contribution in [0.2, 0.25) is 0 Å². The molecule has 7 nitrogen and oxygen atoms in total. The van der Waals surface area contributed by atoms with Crippen LogP contribution in [0.4, 0.5) is 5.00 Å². The quantitative estimate of drug-likeness (QED) is 0.688. The fourth-order valence-electron chi connectivity index (χ4n) is 2.19. The van der Waals surface area contributed by atoms with Gasteiger partial charge in [0.05, 0.1) is 30.4 Å². The molecule has 0 atom stereocenters. The number of thiophene rings is 1. The van der Waals surface area contributed by atoms with Gasteiger partial charge >= 0.3 is 5.97 Å². The van der Waals surface area contributed by atoms with Crippen LogP contribution in [0, 0.1) is 0 Å². The summed E-state index contributed by atoms with van der Waals surface area (Å²) in [5.41, 5.74) is 0.275.